The Morgan fingerprint density at radius 3 is 2.38 bits per heavy atom. The number of nitrogens with zero attached hydrogens (tertiary/aromatic N) is 3. The summed E-state index contributed by atoms with van der Waals surface area (Å²) in [5.41, 5.74) is 4.40. The molecule has 2 aromatic heterocycles. The highest BCUT2D eigenvalue weighted by Crippen LogP contribution is 2.25. The molecular weight excluding hydrogens is 502 g/mol. The lowest BCUT2D eigenvalue weighted by Gasteiger charge is -2.24. The van der Waals surface area contributed by atoms with Crippen LogP contribution in [0.15, 0.2) is 110 Å². The Hall–Kier alpha value is -5.24. The summed E-state index contributed by atoms with van der Waals surface area (Å²) < 4.78 is 0. The van der Waals surface area contributed by atoms with Crippen LogP contribution in [-0.2, 0) is 17.6 Å². The van der Waals surface area contributed by atoms with Crippen molar-refractivity contribution in [3.05, 3.63) is 126 Å². The average Bonchev–Trinajstić information content (AvgIpc) is 2.98. The van der Waals surface area contributed by atoms with Crippen molar-refractivity contribution in [2.24, 2.45) is 0 Å². The fourth-order valence-electron chi connectivity index (χ4n) is 4.56. The van der Waals surface area contributed by atoms with Crippen molar-refractivity contribution in [2.75, 3.05) is 17.3 Å². The normalized spacial score (nSPS) is 11.5. The average molecular weight is 532 g/mol. The van der Waals surface area contributed by atoms with E-state index < -0.39 is 18.0 Å². The second kappa shape index (κ2) is 12.1. The van der Waals surface area contributed by atoms with Crippen LogP contribution < -0.4 is 15.5 Å². The Labute approximate surface area is 232 Å². The third kappa shape index (κ3) is 6.24. The predicted molar refractivity (Wildman–Crippen MR) is 157 cm³/mol. The van der Waals surface area contributed by atoms with Gasteiger partial charge in [0, 0.05) is 48.8 Å². The minimum atomic E-state index is -1.10. The topological polar surface area (TPSA) is 107 Å². The van der Waals surface area contributed by atoms with Crippen molar-refractivity contribution in [2.45, 2.75) is 18.9 Å². The van der Waals surface area contributed by atoms with Gasteiger partial charge >= 0.3 is 12.0 Å². The molecule has 8 heteroatoms. The number of amides is 2. The zero-order chi connectivity index (χ0) is 27.9. The van der Waals surface area contributed by atoms with Crippen molar-refractivity contribution in [3.8, 4) is 0 Å². The Morgan fingerprint density at radius 1 is 0.875 bits per heavy atom. The Balaban J connectivity index is 1.25. The van der Waals surface area contributed by atoms with Gasteiger partial charge in [-0.05, 0) is 58.8 Å². The van der Waals surface area contributed by atoms with E-state index in [-0.39, 0.29) is 6.42 Å². The first-order valence-corrected chi connectivity index (χ1v) is 12.9. The fraction of sp³-hybridized carbons (Fsp3) is 0.125. The number of aromatic nitrogens is 2. The maximum absolute atomic E-state index is 13.1. The molecular formula is C32H29N5O3. The molecule has 3 aromatic carbocycles. The number of carboxylic acids is 1. The summed E-state index contributed by atoms with van der Waals surface area (Å²) >= 11 is 0. The summed E-state index contributed by atoms with van der Waals surface area (Å²) in [6.07, 6.45) is 6.02. The molecule has 1 atom stereocenters. The van der Waals surface area contributed by atoms with Crippen LogP contribution in [0.1, 0.15) is 16.7 Å². The molecule has 0 aliphatic rings. The third-order valence-electron chi connectivity index (χ3n) is 6.71. The molecule has 5 rings (SSSR count). The van der Waals surface area contributed by atoms with Gasteiger partial charge in [0.2, 0.25) is 0 Å². The van der Waals surface area contributed by atoms with E-state index in [9.17, 15) is 14.7 Å². The summed E-state index contributed by atoms with van der Waals surface area (Å²) in [6.45, 7) is 0. The number of urea groups is 1. The number of para-hydroxylation sites is 1. The van der Waals surface area contributed by atoms with E-state index in [2.05, 4.69) is 20.6 Å². The molecule has 40 heavy (non-hydrogen) atoms. The summed E-state index contributed by atoms with van der Waals surface area (Å²) in [5, 5.41) is 17.8. The summed E-state index contributed by atoms with van der Waals surface area (Å²) in [5.74, 6) is -0.418. The van der Waals surface area contributed by atoms with Crippen LogP contribution >= 0.6 is 0 Å². The van der Waals surface area contributed by atoms with Crippen LogP contribution in [-0.4, -0.2) is 40.2 Å². The molecule has 200 valence electrons. The molecule has 8 nitrogen and oxygen atoms in total. The zero-order valence-corrected chi connectivity index (χ0v) is 22.0. The third-order valence-corrected chi connectivity index (χ3v) is 6.71. The first-order chi connectivity index (χ1) is 19.5. The molecule has 0 aliphatic heterocycles. The van der Waals surface area contributed by atoms with E-state index in [0.29, 0.717) is 12.2 Å². The van der Waals surface area contributed by atoms with Crippen molar-refractivity contribution >= 4 is 40.0 Å². The molecule has 3 N–H and O–H groups in total. The van der Waals surface area contributed by atoms with Gasteiger partial charge in [-0.15, -0.1) is 0 Å². The number of nitrogens with one attached hydrogen (secondary N) is 2. The Bertz CT molecular complexity index is 1620. The smallest absolute Gasteiger partial charge is 0.326 e. The van der Waals surface area contributed by atoms with Crippen molar-refractivity contribution < 1.29 is 14.7 Å². The molecule has 0 fully saturated rings. The number of hydrogen-bond acceptors (Lipinski definition) is 5. The number of carbonyl (C=O) groups is 2. The molecule has 0 radical (unpaired) electrons. The van der Waals surface area contributed by atoms with Gasteiger partial charge in [-0.2, -0.15) is 0 Å². The second-order valence-electron chi connectivity index (χ2n) is 9.47. The van der Waals surface area contributed by atoms with Crippen LogP contribution in [0.25, 0.3) is 10.8 Å². The van der Waals surface area contributed by atoms with Crippen LogP contribution in [0, 0.1) is 0 Å². The van der Waals surface area contributed by atoms with Crippen molar-refractivity contribution in [1.82, 2.24) is 15.3 Å². The zero-order valence-electron chi connectivity index (χ0n) is 22.0. The molecule has 0 bridgehead atoms. The number of anilines is 3. The van der Waals surface area contributed by atoms with Crippen molar-refractivity contribution in [3.63, 3.8) is 0 Å². The summed E-state index contributed by atoms with van der Waals surface area (Å²) in [7, 11) is 1.65. The van der Waals surface area contributed by atoms with Crippen LogP contribution in [0.2, 0.25) is 0 Å². The summed E-state index contributed by atoms with van der Waals surface area (Å²) in [4.78, 5) is 35.3. The van der Waals surface area contributed by atoms with Gasteiger partial charge in [0.05, 0.1) is 0 Å². The lowest BCUT2D eigenvalue weighted by Crippen LogP contribution is -2.48. The van der Waals surface area contributed by atoms with E-state index in [1.807, 2.05) is 91.0 Å². The number of aliphatic carboxylic acids is 1. The molecule has 0 spiro atoms. The number of hydrogen-bond donors (Lipinski definition) is 3. The predicted octanol–water partition coefficient (Wildman–Crippen LogP) is 5.81. The molecule has 2 heterocycles. The van der Waals surface area contributed by atoms with Gasteiger partial charge in [0.1, 0.15) is 11.9 Å². The minimum Gasteiger partial charge on any atom is -0.480 e. The van der Waals surface area contributed by atoms with Crippen LogP contribution in [0.3, 0.4) is 0 Å². The van der Waals surface area contributed by atoms with Gasteiger partial charge in [0.15, 0.2) is 0 Å². The number of carbonyl (C=O) groups excluding carboxylic acids is 1. The highest BCUT2D eigenvalue weighted by atomic mass is 16.4. The summed E-state index contributed by atoms with van der Waals surface area (Å²) in [6, 6.07) is 27.3. The first-order valence-electron chi connectivity index (χ1n) is 12.9. The molecule has 5 aromatic rings. The molecule has 0 unspecified atom stereocenters. The lowest BCUT2D eigenvalue weighted by molar-refractivity contribution is -0.139. The van der Waals surface area contributed by atoms with E-state index in [1.54, 1.807) is 25.6 Å². The van der Waals surface area contributed by atoms with Gasteiger partial charge in [0.25, 0.3) is 0 Å². The lowest BCUT2D eigenvalue weighted by atomic mass is 10.0. The van der Waals surface area contributed by atoms with Crippen LogP contribution in [0.5, 0.6) is 0 Å². The van der Waals surface area contributed by atoms with Gasteiger partial charge in [-0.1, -0.05) is 60.7 Å². The van der Waals surface area contributed by atoms with E-state index in [0.717, 1.165) is 38.8 Å². The Morgan fingerprint density at radius 2 is 1.60 bits per heavy atom. The standard InChI is InChI=1S/C32H29N5O3/c1-37(29-10-6-5-9-25(29)19-22-7-3-2-4-8-22)32(40)36-28(31(38)39)20-23-11-13-26(14-12-23)35-30-27-21-33-17-15-24(27)16-18-34-30/h2-18,21,28H,19-20H2,1H3,(H,34,35)(H,36,40)(H,38,39)/t28-/m0/s1. The monoisotopic (exact) mass is 531 g/mol. The maximum Gasteiger partial charge on any atom is 0.326 e. The Kier molecular flexibility index (Phi) is 7.97. The first kappa shape index (κ1) is 26.4. The number of rotatable bonds is 9. The van der Waals surface area contributed by atoms with Crippen LogP contribution in [0.4, 0.5) is 22.0 Å². The van der Waals surface area contributed by atoms with Gasteiger partial charge in [-0.25, -0.2) is 14.6 Å². The van der Waals surface area contributed by atoms with Gasteiger partial charge in [-0.3, -0.25) is 9.88 Å². The highest BCUT2D eigenvalue weighted by Gasteiger charge is 2.24. The molecule has 0 saturated carbocycles. The SMILES string of the molecule is CN(C(=O)N[C@@H](Cc1ccc(Nc2nccc3ccncc23)cc1)C(=O)O)c1ccccc1Cc1ccccc1. The molecule has 0 saturated heterocycles. The molecule has 0 aliphatic carbocycles. The van der Waals surface area contributed by atoms with Crippen molar-refractivity contribution in [1.29, 1.82) is 0 Å². The number of pyridine rings is 2. The number of carboxylic acid groups (broad SMARTS) is 1. The number of fused-ring (bicyclic) bond motifs is 1. The second-order valence-corrected chi connectivity index (χ2v) is 9.47. The number of benzene rings is 3. The fourth-order valence-corrected chi connectivity index (χ4v) is 4.56. The molecule has 2 amide bonds. The largest absolute Gasteiger partial charge is 0.480 e. The quantitative estimate of drug-likeness (QED) is 0.222. The minimum absolute atomic E-state index is 0.136. The maximum atomic E-state index is 13.1. The highest BCUT2D eigenvalue weighted by molar-refractivity contribution is 5.95. The van der Waals surface area contributed by atoms with E-state index in [4.69, 9.17) is 0 Å². The van der Waals surface area contributed by atoms with E-state index >= 15 is 0 Å². The van der Waals surface area contributed by atoms with E-state index in [1.165, 1.54) is 4.90 Å². The van der Waals surface area contributed by atoms with Gasteiger partial charge < -0.3 is 15.7 Å².